The number of rotatable bonds is 4. The first-order valence-electron chi connectivity index (χ1n) is 5.52. The number of anilines is 1. The van der Waals surface area contributed by atoms with Crippen LogP contribution in [0.25, 0.3) is 0 Å². The lowest BCUT2D eigenvalue weighted by Crippen LogP contribution is -2.02. The first-order valence-corrected chi connectivity index (χ1v) is 5.90. The molecule has 0 heterocycles. The van der Waals surface area contributed by atoms with Crippen LogP contribution in [-0.4, -0.2) is 10.0 Å². The predicted octanol–water partition coefficient (Wildman–Crippen LogP) is 3.57. The van der Waals surface area contributed by atoms with Crippen LogP contribution in [0.5, 0.6) is 5.75 Å². The maximum atomic E-state index is 10.9. The number of nitro groups is 1. The number of nitrogens with one attached hydrogen (secondary N) is 1. The summed E-state index contributed by atoms with van der Waals surface area (Å²) in [6, 6.07) is 11.2. The third kappa shape index (κ3) is 3.35. The minimum atomic E-state index is -0.538. The molecule has 0 spiro atoms. The minimum Gasteiger partial charge on any atom is -0.508 e. The van der Waals surface area contributed by atoms with Gasteiger partial charge in [0.25, 0.3) is 5.69 Å². The summed E-state index contributed by atoms with van der Waals surface area (Å²) in [6.45, 7) is 0.433. The van der Waals surface area contributed by atoms with Crippen molar-refractivity contribution in [1.82, 2.24) is 0 Å². The molecule has 0 atom stereocenters. The van der Waals surface area contributed by atoms with Gasteiger partial charge < -0.3 is 10.4 Å². The van der Waals surface area contributed by atoms with Crippen LogP contribution in [0.4, 0.5) is 11.4 Å². The Labute approximate surface area is 114 Å². The van der Waals surface area contributed by atoms with Crippen LogP contribution in [0.1, 0.15) is 5.56 Å². The highest BCUT2D eigenvalue weighted by molar-refractivity contribution is 6.30. The molecule has 19 heavy (non-hydrogen) atoms. The fourth-order valence-corrected chi connectivity index (χ4v) is 1.75. The lowest BCUT2D eigenvalue weighted by atomic mass is 10.2. The van der Waals surface area contributed by atoms with E-state index in [1.807, 2.05) is 12.1 Å². The average molecular weight is 279 g/mol. The lowest BCUT2D eigenvalue weighted by molar-refractivity contribution is -0.384. The smallest absolute Gasteiger partial charge is 0.296 e. The number of hydrogen-bond acceptors (Lipinski definition) is 4. The third-order valence-electron chi connectivity index (χ3n) is 2.57. The Balaban J connectivity index is 2.15. The van der Waals surface area contributed by atoms with Gasteiger partial charge in [0, 0.05) is 11.6 Å². The van der Waals surface area contributed by atoms with E-state index in [-0.39, 0.29) is 11.4 Å². The summed E-state index contributed by atoms with van der Waals surface area (Å²) in [6.07, 6.45) is 0. The van der Waals surface area contributed by atoms with Gasteiger partial charge in [0.2, 0.25) is 0 Å². The first kappa shape index (κ1) is 13.2. The molecule has 98 valence electrons. The summed E-state index contributed by atoms with van der Waals surface area (Å²) < 4.78 is 0. The normalized spacial score (nSPS) is 10.2. The molecule has 2 aromatic rings. The van der Waals surface area contributed by atoms with Crippen LogP contribution in [0, 0.1) is 10.1 Å². The Morgan fingerprint density at radius 2 is 1.89 bits per heavy atom. The van der Waals surface area contributed by atoms with Crippen LogP contribution < -0.4 is 5.32 Å². The standard InChI is InChI=1S/C13H11ClN2O3/c14-10-3-1-9(2-4-10)8-15-12-6-5-11(17)7-13(12)16(18)19/h1-7,15,17H,8H2. The number of phenolic OH excluding ortho intramolecular Hbond substituents is 1. The molecule has 2 rings (SSSR count). The number of aromatic hydroxyl groups is 1. The maximum absolute atomic E-state index is 10.9. The van der Waals surface area contributed by atoms with E-state index >= 15 is 0 Å². The summed E-state index contributed by atoms with van der Waals surface area (Å²) in [5.74, 6) is -0.135. The Bertz CT molecular complexity index is 599. The van der Waals surface area contributed by atoms with E-state index in [2.05, 4.69) is 5.32 Å². The number of benzene rings is 2. The maximum Gasteiger partial charge on any atom is 0.296 e. The fourth-order valence-electron chi connectivity index (χ4n) is 1.62. The summed E-state index contributed by atoms with van der Waals surface area (Å²) >= 11 is 5.78. The second kappa shape index (κ2) is 5.58. The molecule has 2 aromatic carbocycles. The second-order valence-electron chi connectivity index (χ2n) is 3.94. The van der Waals surface area contributed by atoms with E-state index in [0.717, 1.165) is 11.6 Å². The van der Waals surface area contributed by atoms with E-state index in [9.17, 15) is 15.2 Å². The monoisotopic (exact) mass is 278 g/mol. The van der Waals surface area contributed by atoms with Crippen molar-refractivity contribution >= 4 is 23.0 Å². The fraction of sp³-hybridized carbons (Fsp3) is 0.0769. The summed E-state index contributed by atoms with van der Waals surface area (Å²) in [7, 11) is 0. The molecule has 0 saturated heterocycles. The van der Waals surface area contributed by atoms with E-state index < -0.39 is 4.92 Å². The van der Waals surface area contributed by atoms with Gasteiger partial charge in [-0.05, 0) is 29.8 Å². The molecule has 0 bridgehead atoms. The average Bonchev–Trinajstić information content (AvgIpc) is 2.39. The lowest BCUT2D eigenvalue weighted by Gasteiger charge is -2.07. The molecule has 0 radical (unpaired) electrons. The zero-order valence-corrected chi connectivity index (χ0v) is 10.6. The molecule has 0 aliphatic carbocycles. The van der Waals surface area contributed by atoms with Crippen LogP contribution in [0.15, 0.2) is 42.5 Å². The van der Waals surface area contributed by atoms with E-state index in [1.165, 1.54) is 12.1 Å². The Kier molecular flexibility index (Phi) is 3.87. The van der Waals surface area contributed by atoms with Crippen molar-refractivity contribution in [2.45, 2.75) is 6.54 Å². The van der Waals surface area contributed by atoms with Crippen molar-refractivity contribution in [3.63, 3.8) is 0 Å². The van der Waals surface area contributed by atoms with Gasteiger partial charge in [-0.15, -0.1) is 0 Å². The highest BCUT2D eigenvalue weighted by Crippen LogP contribution is 2.28. The molecule has 0 aliphatic rings. The number of phenols is 1. The SMILES string of the molecule is O=[N+]([O-])c1cc(O)ccc1NCc1ccc(Cl)cc1. The van der Waals surface area contributed by atoms with Crippen LogP contribution >= 0.6 is 11.6 Å². The highest BCUT2D eigenvalue weighted by Gasteiger charge is 2.14. The number of nitrogens with zero attached hydrogens (tertiary/aromatic N) is 1. The van der Waals surface area contributed by atoms with Crippen LogP contribution in [0.2, 0.25) is 5.02 Å². The van der Waals surface area contributed by atoms with Crippen molar-refractivity contribution in [3.8, 4) is 5.75 Å². The second-order valence-corrected chi connectivity index (χ2v) is 4.38. The van der Waals surface area contributed by atoms with Crippen molar-refractivity contribution in [2.24, 2.45) is 0 Å². The molecular formula is C13H11ClN2O3. The molecule has 2 N–H and O–H groups in total. The van der Waals surface area contributed by atoms with Gasteiger partial charge in [0.05, 0.1) is 11.0 Å². The van der Waals surface area contributed by atoms with Crippen molar-refractivity contribution in [3.05, 3.63) is 63.2 Å². The number of halogens is 1. The zero-order valence-electron chi connectivity index (χ0n) is 9.84. The highest BCUT2D eigenvalue weighted by atomic mass is 35.5. The molecule has 0 amide bonds. The van der Waals surface area contributed by atoms with E-state index in [1.54, 1.807) is 12.1 Å². The molecular weight excluding hydrogens is 268 g/mol. The zero-order chi connectivity index (χ0) is 13.8. The van der Waals surface area contributed by atoms with Gasteiger partial charge in [-0.1, -0.05) is 23.7 Å². The van der Waals surface area contributed by atoms with Gasteiger partial charge in [0.1, 0.15) is 11.4 Å². The number of hydrogen-bond donors (Lipinski definition) is 2. The molecule has 6 heteroatoms. The predicted molar refractivity (Wildman–Crippen MR) is 73.5 cm³/mol. The summed E-state index contributed by atoms with van der Waals surface area (Å²) in [4.78, 5) is 10.3. The van der Waals surface area contributed by atoms with Gasteiger partial charge in [-0.2, -0.15) is 0 Å². The van der Waals surface area contributed by atoms with Crippen molar-refractivity contribution in [2.75, 3.05) is 5.32 Å². The van der Waals surface area contributed by atoms with Gasteiger partial charge in [0.15, 0.2) is 0 Å². The topological polar surface area (TPSA) is 75.4 Å². The Hall–Kier alpha value is -2.27. The summed E-state index contributed by atoms with van der Waals surface area (Å²) in [5, 5.41) is 23.7. The molecule has 0 unspecified atom stereocenters. The largest absolute Gasteiger partial charge is 0.508 e. The van der Waals surface area contributed by atoms with Gasteiger partial charge in [-0.25, -0.2) is 0 Å². The Morgan fingerprint density at radius 1 is 1.21 bits per heavy atom. The third-order valence-corrected chi connectivity index (χ3v) is 2.83. The van der Waals surface area contributed by atoms with Gasteiger partial charge in [-0.3, -0.25) is 10.1 Å². The molecule has 5 nitrogen and oxygen atoms in total. The first-order chi connectivity index (χ1) is 9.06. The van der Waals surface area contributed by atoms with Gasteiger partial charge >= 0.3 is 0 Å². The van der Waals surface area contributed by atoms with E-state index in [0.29, 0.717) is 17.3 Å². The van der Waals surface area contributed by atoms with E-state index in [4.69, 9.17) is 11.6 Å². The molecule has 0 saturated carbocycles. The Morgan fingerprint density at radius 3 is 2.53 bits per heavy atom. The van der Waals surface area contributed by atoms with Crippen LogP contribution in [-0.2, 0) is 6.54 Å². The summed E-state index contributed by atoms with van der Waals surface area (Å²) in [5.41, 5.74) is 1.15. The molecule has 0 fully saturated rings. The minimum absolute atomic E-state index is 0.135. The van der Waals surface area contributed by atoms with Crippen LogP contribution in [0.3, 0.4) is 0 Å². The van der Waals surface area contributed by atoms with Crippen molar-refractivity contribution < 1.29 is 10.0 Å². The van der Waals surface area contributed by atoms with Crippen molar-refractivity contribution in [1.29, 1.82) is 0 Å². The molecule has 0 aliphatic heterocycles. The quantitative estimate of drug-likeness (QED) is 0.509. The number of nitro benzene ring substituents is 1. The molecule has 0 aromatic heterocycles.